The van der Waals surface area contributed by atoms with E-state index in [2.05, 4.69) is 145 Å². The summed E-state index contributed by atoms with van der Waals surface area (Å²) in [5, 5.41) is 7.75. The summed E-state index contributed by atoms with van der Waals surface area (Å²) in [5.41, 5.74) is 10.2. The van der Waals surface area contributed by atoms with Crippen molar-refractivity contribution in [1.82, 2.24) is 9.13 Å². The minimum Gasteiger partial charge on any atom is -0.343 e. The third-order valence-electron chi connectivity index (χ3n) is 8.30. The van der Waals surface area contributed by atoms with Gasteiger partial charge >= 0.3 is 0 Å². The molecule has 0 unspecified atom stereocenters. The molecule has 180 valence electrons. The van der Waals surface area contributed by atoms with E-state index in [1.165, 1.54) is 76.6 Å². The monoisotopic (exact) mass is 486 g/mol. The average molecular weight is 487 g/mol. The second-order valence-corrected chi connectivity index (χ2v) is 10.3. The van der Waals surface area contributed by atoms with Gasteiger partial charge in [0.1, 0.15) is 0 Å². The van der Waals surface area contributed by atoms with E-state index in [0.29, 0.717) is 0 Å². The lowest BCUT2D eigenvalue weighted by Gasteiger charge is -2.17. The Morgan fingerprint density at radius 3 is 1.16 bits per heavy atom. The molecule has 0 spiro atoms. The number of nitrogens with zero attached hydrogens (tertiary/aromatic N) is 2. The maximum Gasteiger partial charge on any atom is 0.0574 e. The highest BCUT2D eigenvalue weighted by Gasteiger charge is 2.22. The zero-order valence-corrected chi connectivity index (χ0v) is 21.4. The molecular weight excluding hydrogens is 460 g/mol. The minimum absolute atomic E-state index is 1.24. The first-order valence-electron chi connectivity index (χ1n) is 13.2. The number of fused-ring (bicyclic) bond motifs is 7. The van der Waals surface area contributed by atoms with Crippen molar-refractivity contribution < 1.29 is 0 Å². The van der Waals surface area contributed by atoms with Crippen molar-refractivity contribution >= 4 is 54.4 Å². The summed E-state index contributed by atoms with van der Waals surface area (Å²) in [6.07, 6.45) is 0. The third kappa shape index (κ3) is 2.77. The van der Waals surface area contributed by atoms with Crippen LogP contribution in [-0.2, 0) is 14.1 Å². The molecule has 0 N–H and O–H groups in total. The molecule has 0 saturated heterocycles. The van der Waals surface area contributed by atoms with E-state index in [9.17, 15) is 0 Å². The van der Waals surface area contributed by atoms with Crippen molar-refractivity contribution in [3.63, 3.8) is 0 Å². The fourth-order valence-electron chi connectivity index (χ4n) is 6.65. The molecule has 0 amide bonds. The Balaban J connectivity index is 1.72. The van der Waals surface area contributed by atoms with Crippen molar-refractivity contribution in [3.8, 4) is 22.3 Å². The van der Waals surface area contributed by atoms with Gasteiger partial charge in [-0.15, -0.1) is 0 Å². The van der Waals surface area contributed by atoms with E-state index in [4.69, 9.17) is 0 Å². The van der Waals surface area contributed by atoms with Crippen molar-refractivity contribution in [3.05, 3.63) is 121 Å². The van der Waals surface area contributed by atoms with Crippen LogP contribution in [0.5, 0.6) is 0 Å². The lowest BCUT2D eigenvalue weighted by atomic mass is 9.88. The Morgan fingerprint density at radius 1 is 0.368 bits per heavy atom. The van der Waals surface area contributed by atoms with Crippen LogP contribution in [0.1, 0.15) is 0 Å². The number of rotatable bonds is 2. The van der Waals surface area contributed by atoms with Crippen molar-refractivity contribution in [1.29, 1.82) is 0 Å². The highest BCUT2D eigenvalue weighted by Crippen LogP contribution is 2.47. The van der Waals surface area contributed by atoms with Gasteiger partial charge in [-0.1, -0.05) is 97.1 Å². The molecule has 0 aliphatic rings. The van der Waals surface area contributed by atoms with E-state index >= 15 is 0 Å². The van der Waals surface area contributed by atoms with Crippen LogP contribution in [0.15, 0.2) is 121 Å². The fourth-order valence-corrected chi connectivity index (χ4v) is 6.65. The summed E-state index contributed by atoms with van der Waals surface area (Å²) in [6.45, 7) is 0. The smallest absolute Gasteiger partial charge is 0.0574 e. The maximum absolute atomic E-state index is 2.44. The molecule has 0 fully saturated rings. The van der Waals surface area contributed by atoms with Gasteiger partial charge in [0.25, 0.3) is 0 Å². The molecule has 8 rings (SSSR count). The Bertz CT molecular complexity index is 2020. The second kappa shape index (κ2) is 7.84. The first-order chi connectivity index (χ1) is 18.7. The third-order valence-corrected chi connectivity index (χ3v) is 8.30. The molecule has 8 aromatic rings. The normalized spacial score (nSPS) is 11.9. The van der Waals surface area contributed by atoms with Crippen molar-refractivity contribution in [2.75, 3.05) is 0 Å². The van der Waals surface area contributed by atoms with E-state index in [-0.39, 0.29) is 0 Å². The summed E-state index contributed by atoms with van der Waals surface area (Å²) >= 11 is 0. The van der Waals surface area contributed by atoms with Gasteiger partial charge in [0, 0.05) is 57.8 Å². The first kappa shape index (κ1) is 21.3. The van der Waals surface area contributed by atoms with Gasteiger partial charge in [0.2, 0.25) is 0 Å². The van der Waals surface area contributed by atoms with E-state index in [0.717, 1.165) is 0 Å². The van der Waals surface area contributed by atoms with Crippen LogP contribution in [0, 0.1) is 0 Å². The zero-order valence-electron chi connectivity index (χ0n) is 21.4. The Kier molecular flexibility index (Phi) is 4.39. The van der Waals surface area contributed by atoms with Crippen LogP contribution in [-0.4, -0.2) is 9.13 Å². The molecule has 0 aliphatic carbocycles. The van der Waals surface area contributed by atoms with Gasteiger partial charge in [0.05, 0.1) is 11.0 Å². The molecule has 6 aromatic carbocycles. The molecular formula is C36H26N2. The van der Waals surface area contributed by atoms with Crippen LogP contribution in [0.3, 0.4) is 0 Å². The van der Waals surface area contributed by atoms with Gasteiger partial charge < -0.3 is 9.13 Å². The SMILES string of the molecule is Cn1c2ccccc2c2cc3c(-c4ccccc4)c4c(cc3c(-c3ccccc3)c21)c1ccccc1n4C. The summed E-state index contributed by atoms with van der Waals surface area (Å²) in [5.74, 6) is 0. The van der Waals surface area contributed by atoms with Gasteiger partial charge in [-0.3, -0.25) is 0 Å². The number of aromatic nitrogens is 2. The highest BCUT2D eigenvalue weighted by atomic mass is 14.9. The highest BCUT2D eigenvalue weighted by molar-refractivity contribution is 6.28. The number of hydrogen-bond donors (Lipinski definition) is 0. The standard InChI is InChI=1S/C36H26N2/c1-37-31-19-11-9-17-25(31)29-21-28-27(33(35(29)37)23-13-5-3-6-14-23)22-30-26-18-10-12-20-32(26)38(2)36(30)34(28)24-15-7-4-8-16-24/h3-22H,1-2H3. The Hall–Kier alpha value is -4.82. The van der Waals surface area contributed by atoms with E-state index < -0.39 is 0 Å². The summed E-state index contributed by atoms with van der Waals surface area (Å²) in [7, 11) is 4.41. The van der Waals surface area contributed by atoms with Gasteiger partial charge in [-0.25, -0.2) is 0 Å². The average Bonchev–Trinajstić information content (AvgIpc) is 3.42. The van der Waals surface area contributed by atoms with Crippen LogP contribution in [0.2, 0.25) is 0 Å². The number of hydrogen-bond acceptors (Lipinski definition) is 0. The predicted octanol–water partition coefficient (Wildman–Crippen LogP) is 9.46. The lowest BCUT2D eigenvalue weighted by molar-refractivity contribution is 1.01. The molecule has 0 radical (unpaired) electrons. The fraction of sp³-hybridized carbons (Fsp3) is 0.0556. The Morgan fingerprint density at radius 2 is 0.737 bits per heavy atom. The van der Waals surface area contributed by atoms with Crippen LogP contribution in [0.25, 0.3) is 76.6 Å². The van der Waals surface area contributed by atoms with Gasteiger partial charge in [-0.2, -0.15) is 0 Å². The topological polar surface area (TPSA) is 9.86 Å². The van der Waals surface area contributed by atoms with Gasteiger partial charge in [0.15, 0.2) is 0 Å². The molecule has 2 heterocycles. The molecule has 0 atom stereocenters. The van der Waals surface area contributed by atoms with E-state index in [1.54, 1.807) is 0 Å². The van der Waals surface area contributed by atoms with Crippen molar-refractivity contribution in [2.45, 2.75) is 0 Å². The van der Waals surface area contributed by atoms with Crippen LogP contribution in [0.4, 0.5) is 0 Å². The van der Waals surface area contributed by atoms with E-state index in [1.807, 2.05) is 0 Å². The summed E-state index contributed by atoms with van der Waals surface area (Å²) in [6, 6.07) is 44.3. The van der Waals surface area contributed by atoms with Crippen LogP contribution < -0.4 is 0 Å². The molecule has 0 aliphatic heterocycles. The quantitative estimate of drug-likeness (QED) is 0.230. The molecule has 2 nitrogen and oxygen atoms in total. The Labute approximate surface area is 221 Å². The second-order valence-electron chi connectivity index (χ2n) is 10.3. The number of benzene rings is 6. The molecule has 0 saturated carbocycles. The first-order valence-corrected chi connectivity index (χ1v) is 13.2. The summed E-state index contributed by atoms with van der Waals surface area (Å²) < 4.78 is 4.75. The number of para-hydroxylation sites is 2. The molecule has 2 heteroatoms. The van der Waals surface area contributed by atoms with Gasteiger partial charge in [-0.05, 0) is 46.2 Å². The molecule has 2 aromatic heterocycles. The number of aryl methyl sites for hydroxylation is 2. The van der Waals surface area contributed by atoms with Crippen LogP contribution >= 0.6 is 0 Å². The zero-order chi connectivity index (χ0) is 25.4. The predicted molar refractivity (Wildman–Crippen MR) is 163 cm³/mol. The van der Waals surface area contributed by atoms with Crippen molar-refractivity contribution in [2.24, 2.45) is 14.1 Å². The summed E-state index contributed by atoms with van der Waals surface area (Å²) in [4.78, 5) is 0. The molecule has 38 heavy (non-hydrogen) atoms. The largest absolute Gasteiger partial charge is 0.343 e. The maximum atomic E-state index is 2.44. The molecule has 0 bridgehead atoms. The lowest BCUT2D eigenvalue weighted by Crippen LogP contribution is -1.95. The minimum atomic E-state index is 1.24.